The Morgan fingerprint density at radius 3 is 2.56 bits per heavy atom. The number of esters is 1. The molecular weight excluding hydrogens is 648 g/mol. The van der Waals surface area contributed by atoms with Gasteiger partial charge >= 0.3 is 230 Å². The summed E-state index contributed by atoms with van der Waals surface area (Å²) in [6.45, 7) is 9.31. The number of aryl methyl sites for hydroxylation is 2. The number of carbonyl (C=O) groups is 1. The van der Waals surface area contributed by atoms with Gasteiger partial charge in [-0.1, -0.05) is 0 Å². The van der Waals surface area contributed by atoms with E-state index < -0.39 is 13.1 Å². The number of nitrogens with zero attached hydrogens (tertiary/aromatic N) is 3. The first-order valence-corrected chi connectivity index (χ1v) is 13.9. The van der Waals surface area contributed by atoms with Crippen molar-refractivity contribution >= 4 is 67.8 Å². The van der Waals surface area contributed by atoms with Crippen LogP contribution < -0.4 is 13.5 Å². The third-order valence-electron chi connectivity index (χ3n) is 6.01. The van der Waals surface area contributed by atoms with E-state index >= 15 is 0 Å². The van der Waals surface area contributed by atoms with E-state index in [0.717, 1.165) is 33.8 Å². The number of aromatic nitrogens is 2. The molecule has 36 heavy (non-hydrogen) atoms. The van der Waals surface area contributed by atoms with Crippen LogP contribution in [0.25, 0.3) is 0 Å². The number of benzene rings is 2. The number of rotatable bonds is 7. The molecule has 0 radical (unpaired) electrons. The fraction of sp³-hybridized carbons (Fsp3) is 0.346. The predicted molar refractivity (Wildman–Crippen MR) is 143 cm³/mol. The molecule has 0 aliphatic carbocycles. The number of methoxy groups -OCH3 is 1. The summed E-state index contributed by atoms with van der Waals surface area (Å²) in [5.41, 5.74) is 4.80. The molecule has 2 heterocycles. The SMILES string of the molecule is CCc1cc([N]([Tl])c2ncc(C)c(Nc3ccccc3)n2)cc(C(=O)OC)c1B1OCC(C)(C)CO1. The van der Waals surface area contributed by atoms with Gasteiger partial charge in [0.05, 0.1) is 0 Å². The van der Waals surface area contributed by atoms with Crippen LogP contribution in [0.5, 0.6) is 0 Å². The number of ether oxygens (including phenoxy) is 1. The molecule has 0 saturated carbocycles. The second-order valence-corrected chi connectivity index (χ2v) is 11.6. The van der Waals surface area contributed by atoms with Gasteiger partial charge in [-0.15, -0.1) is 0 Å². The monoisotopic (exact) mass is 678 g/mol. The molecule has 1 saturated heterocycles. The Morgan fingerprint density at radius 1 is 1.22 bits per heavy atom. The van der Waals surface area contributed by atoms with E-state index in [2.05, 4.69) is 37.1 Å². The van der Waals surface area contributed by atoms with Crippen molar-refractivity contribution < 1.29 is 18.8 Å². The maximum atomic E-state index is 12.9. The first-order valence-electron chi connectivity index (χ1n) is 11.9. The third-order valence-corrected chi connectivity index (χ3v) is 8.07. The Bertz CT molecular complexity index is 1230. The Balaban J connectivity index is 1.71. The van der Waals surface area contributed by atoms with E-state index in [0.29, 0.717) is 57.2 Å². The summed E-state index contributed by atoms with van der Waals surface area (Å²) in [5, 5.41) is 3.37. The van der Waals surface area contributed by atoms with Crippen LogP contribution in [0.15, 0.2) is 48.7 Å². The van der Waals surface area contributed by atoms with E-state index in [-0.39, 0.29) is 5.41 Å². The molecule has 1 fully saturated rings. The summed E-state index contributed by atoms with van der Waals surface area (Å²) in [6.07, 6.45) is 2.51. The third kappa shape index (κ3) is 5.89. The molecule has 0 unspecified atom stereocenters. The van der Waals surface area contributed by atoms with Gasteiger partial charge in [0.15, 0.2) is 0 Å². The summed E-state index contributed by atoms with van der Waals surface area (Å²) in [6, 6.07) is 13.8. The van der Waals surface area contributed by atoms with Crippen LogP contribution in [0, 0.1) is 12.3 Å². The maximum absolute atomic E-state index is 12.9. The zero-order valence-electron chi connectivity index (χ0n) is 21.4. The Kier molecular flexibility index (Phi) is 8.31. The summed E-state index contributed by atoms with van der Waals surface area (Å²) in [4.78, 5) is 22.3. The van der Waals surface area contributed by atoms with E-state index in [4.69, 9.17) is 19.0 Å². The van der Waals surface area contributed by atoms with Crippen molar-refractivity contribution in [3.8, 4) is 0 Å². The molecule has 10 heteroatoms. The fourth-order valence-electron chi connectivity index (χ4n) is 3.99. The van der Waals surface area contributed by atoms with Crippen molar-refractivity contribution in [3.63, 3.8) is 0 Å². The number of nitrogens with one attached hydrogen (secondary N) is 1. The second-order valence-electron chi connectivity index (χ2n) is 9.59. The number of anilines is 4. The molecule has 0 atom stereocenters. The van der Waals surface area contributed by atoms with Gasteiger partial charge in [-0.05, 0) is 0 Å². The van der Waals surface area contributed by atoms with Crippen LogP contribution in [0.1, 0.15) is 42.3 Å². The normalized spacial score (nSPS) is 14.8. The van der Waals surface area contributed by atoms with Crippen LogP contribution in [-0.2, 0) is 20.5 Å². The Labute approximate surface area is 229 Å². The molecule has 1 aromatic heterocycles. The number of hydrogen-bond acceptors (Lipinski definition) is 8. The van der Waals surface area contributed by atoms with E-state index in [1.54, 1.807) is 0 Å². The Morgan fingerprint density at radius 2 is 1.92 bits per heavy atom. The molecule has 4 rings (SSSR count). The van der Waals surface area contributed by atoms with Crippen LogP contribution in [0.2, 0.25) is 0 Å². The van der Waals surface area contributed by atoms with Crippen LogP contribution in [0.4, 0.5) is 23.1 Å². The van der Waals surface area contributed by atoms with Crippen molar-refractivity contribution in [1.29, 1.82) is 0 Å². The summed E-state index contributed by atoms with van der Waals surface area (Å²) in [7, 11) is 0.777. The molecule has 3 aromatic rings. The molecule has 0 spiro atoms. The van der Waals surface area contributed by atoms with Gasteiger partial charge in [0.1, 0.15) is 0 Å². The minimum absolute atomic E-state index is 0.0740. The van der Waals surface area contributed by atoms with E-state index in [1.807, 2.05) is 52.2 Å². The van der Waals surface area contributed by atoms with Crippen LogP contribution >= 0.6 is 0 Å². The topological polar surface area (TPSA) is 85.8 Å². The summed E-state index contributed by atoms with van der Waals surface area (Å²) in [5.74, 6) is 0.888. The van der Waals surface area contributed by atoms with Gasteiger partial charge in [0.2, 0.25) is 0 Å². The number of para-hydroxylation sites is 1. The van der Waals surface area contributed by atoms with Gasteiger partial charge in [0, 0.05) is 0 Å². The van der Waals surface area contributed by atoms with Crippen molar-refractivity contribution in [2.75, 3.05) is 28.3 Å². The standard InChI is InChI=1S/C26H30BN4O4.Tl/c1-6-18-12-20(13-21(24(32)33-5)22(18)27-34-15-26(3,4)16-35-27)30-25-28-14-17(2)23(31-25)29-19-10-8-7-9-11-19;/h7-14H,6,15-16H2,1-5H3,(H-,28,29,30,31);/q-1;+1. The average Bonchev–Trinajstić information content (AvgIpc) is 2.89. The van der Waals surface area contributed by atoms with Crippen molar-refractivity contribution in [2.24, 2.45) is 5.41 Å². The van der Waals surface area contributed by atoms with Crippen LogP contribution in [-0.4, -0.2) is 69.4 Å². The zero-order chi connectivity index (χ0) is 25.9. The summed E-state index contributed by atoms with van der Waals surface area (Å²) < 4.78 is 19.3. The molecule has 2 aromatic carbocycles. The van der Waals surface area contributed by atoms with E-state index in [1.165, 1.54) is 7.11 Å². The second kappa shape index (κ2) is 11.3. The molecule has 184 valence electrons. The molecule has 8 nitrogen and oxygen atoms in total. The minimum atomic E-state index is -0.613. The molecule has 0 amide bonds. The molecule has 0 bridgehead atoms. The van der Waals surface area contributed by atoms with Crippen molar-refractivity contribution in [2.45, 2.75) is 34.1 Å². The Hall–Kier alpha value is -2.50. The van der Waals surface area contributed by atoms with Gasteiger partial charge in [-0.3, -0.25) is 0 Å². The van der Waals surface area contributed by atoms with Crippen LogP contribution in [0.3, 0.4) is 0 Å². The molecule has 1 N–H and O–H groups in total. The average molecular weight is 678 g/mol. The van der Waals surface area contributed by atoms with Gasteiger partial charge in [0.25, 0.3) is 0 Å². The summed E-state index contributed by atoms with van der Waals surface area (Å²) >= 11 is 0.339. The number of hydrogen-bond donors (Lipinski definition) is 1. The first kappa shape index (κ1) is 26.6. The first-order chi connectivity index (χ1) is 17.2. The predicted octanol–water partition coefficient (Wildman–Crippen LogP) is 3.87. The molecular formula is C26H30BN4O4Tl. The van der Waals surface area contributed by atoms with E-state index in [9.17, 15) is 4.79 Å². The number of carbonyl (C=O) groups excluding carboxylic acids is 1. The van der Waals surface area contributed by atoms with Crippen molar-refractivity contribution in [3.05, 3.63) is 65.4 Å². The molecule has 1 aliphatic rings. The quantitative estimate of drug-likeness (QED) is 0.298. The fourth-order valence-corrected chi connectivity index (χ4v) is 5.06. The van der Waals surface area contributed by atoms with Gasteiger partial charge in [-0.25, -0.2) is 0 Å². The zero-order valence-corrected chi connectivity index (χ0v) is 25.9. The molecule has 1 aliphatic heterocycles. The van der Waals surface area contributed by atoms with Gasteiger partial charge < -0.3 is 0 Å². The van der Waals surface area contributed by atoms with Gasteiger partial charge in [-0.2, -0.15) is 0 Å². The van der Waals surface area contributed by atoms with Crippen molar-refractivity contribution in [1.82, 2.24) is 9.97 Å².